The van der Waals surface area contributed by atoms with E-state index in [0.29, 0.717) is 36.1 Å². The number of nitrogens with zero attached hydrogens (tertiary/aromatic N) is 3. The minimum Gasteiger partial charge on any atom is -0.487 e. The van der Waals surface area contributed by atoms with E-state index in [9.17, 15) is 28.0 Å². The van der Waals surface area contributed by atoms with Gasteiger partial charge in [-0.2, -0.15) is 18.4 Å². The Balaban J connectivity index is 1.72. The number of rotatable bonds is 7. The smallest absolute Gasteiger partial charge is 0.434 e. The fourth-order valence-corrected chi connectivity index (χ4v) is 7.02. The minimum atomic E-state index is -5.04. The molecule has 0 fully saturated rings. The number of benzene rings is 3. The van der Waals surface area contributed by atoms with Gasteiger partial charge < -0.3 is 9.47 Å². The molecule has 0 amide bonds. The Morgan fingerprint density at radius 3 is 2.53 bits per heavy atom. The highest BCUT2D eigenvalue weighted by molar-refractivity contribution is 14.1. The number of fused-ring (bicyclic) bond motifs is 1. The SMILES string of the molecule is CCOC(=O)C1=C(C(F)(F)F)N=c2s/c(=C\c3cc(Cl)cc(I)c3OCc3ccccc3C#N)c(=O)n2[C@H]1c1ccc(Cl)cc1. The van der Waals surface area contributed by atoms with Crippen LogP contribution in [0, 0.1) is 14.9 Å². The van der Waals surface area contributed by atoms with Gasteiger partial charge in [0.25, 0.3) is 5.56 Å². The van der Waals surface area contributed by atoms with Crippen molar-refractivity contribution in [2.75, 3.05) is 6.61 Å². The van der Waals surface area contributed by atoms with E-state index in [1.54, 1.807) is 36.4 Å². The quantitative estimate of drug-likeness (QED) is 0.154. The molecule has 7 nitrogen and oxygen atoms in total. The average molecular weight is 784 g/mol. The molecule has 1 atom stereocenters. The predicted octanol–water partition coefficient (Wildman–Crippen LogP) is 6.70. The summed E-state index contributed by atoms with van der Waals surface area (Å²) in [5.74, 6) is -0.906. The molecule has 5 rings (SSSR count). The molecule has 0 unspecified atom stereocenters. The zero-order chi connectivity index (χ0) is 32.5. The average Bonchev–Trinajstić information content (AvgIpc) is 3.30. The van der Waals surface area contributed by atoms with E-state index in [0.717, 1.165) is 15.9 Å². The molecule has 0 N–H and O–H groups in total. The van der Waals surface area contributed by atoms with Gasteiger partial charge in [-0.15, -0.1) is 0 Å². The third-order valence-electron chi connectivity index (χ3n) is 6.61. The maximum absolute atomic E-state index is 14.4. The fraction of sp³-hybridized carbons (Fsp3) is 0.161. The summed E-state index contributed by atoms with van der Waals surface area (Å²) >= 11 is 15.1. The maximum atomic E-state index is 14.4. The molecule has 230 valence electrons. The van der Waals surface area contributed by atoms with Crippen molar-refractivity contribution in [3.05, 3.63) is 127 Å². The van der Waals surface area contributed by atoms with E-state index in [4.69, 9.17) is 32.7 Å². The van der Waals surface area contributed by atoms with Crippen LogP contribution in [0.4, 0.5) is 13.2 Å². The van der Waals surface area contributed by atoms with Crippen LogP contribution < -0.4 is 19.6 Å². The normalized spacial score (nSPS) is 14.9. The van der Waals surface area contributed by atoms with Crippen molar-refractivity contribution in [2.24, 2.45) is 4.99 Å². The topological polar surface area (TPSA) is 93.7 Å². The lowest BCUT2D eigenvalue weighted by molar-refractivity contribution is -0.140. The van der Waals surface area contributed by atoms with Crippen molar-refractivity contribution in [3.63, 3.8) is 0 Å². The Bertz CT molecular complexity index is 2070. The summed E-state index contributed by atoms with van der Waals surface area (Å²) in [5.41, 5.74) is -1.34. The summed E-state index contributed by atoms with van der Waals surface area (Å²) in [7, 11) is 0. The molecule has 0 radical (unpaired) electrons. The molecule has 0 saturated heterocycles. The van der Waals surface area contributed by atoms with Gasteiger partial charge in [0.05, 0.1) is 38.0 Å². The zero-order valence-corrected chi connectivity index (χ0v) is 27.5. The standard InChI is InChI=1S/C31H19Cl2F3IN3O4S/c1-2-43-29(42)24-25(16-7-9-20(32)10-8-16)40-28(41)23(45-30(40)39-27(24)31(34,35)36)12-19-11-21(33)13-22(37)26(19)44-15-18-6-4-3-5-17(18)14-38/h3-13,25H,2,15H2,1H3/b23-12-/t25-/m0/s1. The molecule has 0 aliphatic carbocycles. The van der Waals surface area contributed by atoms with Crippen molar-refractivity contribution in [1.82, 2.24) is 4.57 Å². The summed E-state index contributed by atoms with van der Waals surface area (Å²) in [6.45, 7) is 1.29. The Labute approximate surface area is 281 Å². The summed E-state index contributed by atoms with van der Waals surface area (Å²) in [6, 6.07) is 16.5. The van der Waals surface area contributed by atoms with Crippen molar-refractivity contribution >= 4 is 69.2 Å². The zero-order valence-electron chi connectivity index (χ0n) is 23.0. The third-order valence-corrected chi connectivity index (χ3v) is 8.87. The lowest BCUT2D eigenvalue weighted by atomic mass is 9.95. The summed E-state index contributed by atoms with van der Waals surface area (Å²) in [6.07, 6.45) is -3.59. The van der Waals surface area contributed by atoms with Crippen molar-refractivity contribution in [3.8, 4) is 11.8 Å². The predicted molar refractivity (Wildman–Crippen MR) is 172 cm³/mol. The van der Waals surface area contributed by atoms with E-state index < -0.39 is 35.0 Å². The lowest BCUT2D eigenvalue weighted by Gasteiger charge is -2.26. The monoisotopic (exact) mass is 783 g/mol. The van der Waals surface area contributed by atoms with Gasteiger partial charge in [-0.25, -0.2) is 9.79 Å². The Kier molecular flexibility index (Phi) is 9.74. The van der Waals surface area contributed by atoms with E-state index in [1.807, 2.05) is 22.6 Å². The lowest BCUT2D eigenvalue weighted by Crippen LogP contribution is -2.41. The van der Waals surface area contributed by atoms with Gasteiger partial charge >= 0.3 is 12.1 Å². The first-order valence-corrected chi connectivity index (χ1v) is 15.7. The van der Waals surface area contributed by atoms with Crippen LogP contribution >= 0.6 is 57.1 Å². The van der Waals surface area contributed by atoms with Crippen molar-refractivity contribution < 1.29 is 27.4 Å². The molecule has 14 heteroatoms. The number of nitriles is 1. The van der Waals surface area contributed by atoms with Crippen LogP contribution in [0.25, 0.3) is 6.08 Å². The van der Waals surface area contributed by atoms with Gasteiger partial charge in [-0.3, -0.25) is 9.36 Å². The van der Waals surface area contributed by atoms with Gasteiger partial charge in [-0.1, -0.05) is 64.9 Å². The second-order valence-corrected chi connectivity index (χ2v) is 12.5. The second-order valence-electron chi connectivity index (χ2n) is 9.48. The van der Waals surface area contributed by atoms with Gasteiger partial charge in [0.2, 0.25) is 0 Å². The van der Waals surface area contributed by atoms with Gasteiger partial charge in [0.1, 0.15) is 12.4 Å². The maximum Gasteiger partial charge on any atom is 0.434 e. The highest BCUT2D eigenvalue weighted by Gasteiger charge is 2.45. The number of carbonyl (C=O) groups is 1. The van der Waals surface area contributed by atoms with E-state index in [1.165, 1.54) is 37.3 Å². The van der Waals surface area contributed by atoms with Gasteiger partial charge in [0, 0.05) is 21.2 Å². The molecule has 1 aliphatic rings. The molecule has 4 aromatic rings. The first-order chi connectivity index (χ1) is 21.4. The Morgan fingerprint density at radius 1 is 1.16 bits per heavy atom. The highest BCUT2D eigenvalue weighted by atomic mass is 127. The minimum absolute atomic E-state index is 0.0136. The molecular formula is C31H19Cl2F3IN3O4S. The fourth-order valence-electron chi connectivity index (χ4n) is 4.69. The van der Waals surface area contributed by atoms with Crippen LogP contribution in [-0.4, -0.2) is 23.3 Å². The first kappa shape index (κ1) is 32.7. The molecule has 1 aromatic heterocycles. The largest absolute Gasteiger partial charge is 0.487 e. The van der Waals surface area contributed by atoms with Crippen molar-refractivity contribution in [2.45, 2.75) is 25.7 Å². The summed E-state index contributed by atoms with van der Waals surface area (Å²) < 4.78 is 55.9. The first-order valence-electron chi connectivity index (χ1n) is 13.1. The Morgan fingerprint density at radius 2 is 1.87 bits per heavy atom. The number of carbonyl (C=O) groups excluding carboxylic acids is 1. The van der Waals surface area contributed by atoms with E-state index >= 15 is 0 Å². The third kappa shape index (κ3) is 6.81. The number of halogens is 6. The number of allylic oxidation sites excluding steroid dienone is 1. The number of hydrogen-bond acceptors (Lipinski definition) is 7. The molecule has 3 aromatic carbocycles. The molecule has 1 aliphatic heterocycles. The van der Waals surface area contributed by atoms with E-state index in [2.05, 4.69) is 11.1 Å². The number of alkyl halides is 3. The van der Waals surface area contributed by atoms with Gasteiger partial charge in [-0.05, 0) is 71.5 Å². The molecular weight excluding hydrogens is 765 g/mol. The van der Waals surface area contributed by atoms with Crippen LogP contribution in [0.5, 0.6) is 5.75 Å². The van der Waals surface area contributed by atoms with Crippen LogP contribution in [0.1, 0.15) is 35.2 Å². The second kappa shape index (κ2) is 13.4. The van der Waals surface area contributed by atoms with Crippen LogP contribution in [0.2, 0.25) is 10.0 Å². The molecule has 0 spiro atoms. The van der Waals surface area contributed by atoms with Crippen molar-refractivity contribution in [1.29, 1.82) is 5.26 Å². The molecule has 45 heavy (non-hydrogen) atoms. The summed E-state index contributed by atoms with van der Waals surface area (Å²) in [5, 5.41) is 10.1. The summed E-state index contributed by atoms with van der Waals surface area (Å²) in [4.78, 5) is 30.5. The Hall–Kier alpha value is -3.64. The van der Waals surface area contributed by atoms with Crippen LogP contribution in [0.15, 0.2) is 81.7 Å². The molecule has 0 saturated carbocycles. The number of thiazole rings is 1. The highest BCUT2D eigenvalue weighted by Crippen LogP contribution is 2.38. The van der Waals surface area contributed by atoms with Gasteiger partial charge in [0.15, 0.2) is 10.5 Å². The number of hydrogen-bond donors (Lipinski definition) is 0. The van der Waals surface area contributed by atoms with Crippen LogP contribution in [-0.2, 0) is 16.1 Å². The van der Waals surface area contributed by atoms with E-state index in [-0.39, 0.29) is 28.1 Å². The van der Waals surface area contributed by atoms with Crippen LogP contribution in [0.3, 0.4) is 0 Å². The number of esters is 1. The molecule has 2 heterocycles. The molecule has 0 bridgehead atoms. The number of ether oxygens (including phenoxy) is 2. The number of aromatic nitrogens is 1.